The highest BCUT2D eigenvalue weighted by Crippen LogP contribution is 2.26. The zero-order valence-corrected chi connectivity index (χ0v) is 13.0. The molecule has 4 heteroatoms. The van der Waals surface area contributed by atoms with Crippen LogP contribution in [0.4, 0.5) is 0 Å². The fourth-order valence-corrected chi connectivity index (χ4v) is 3.07. The first-order valence-electron chi connectivity index (χ1n) is 7.65. The second-order valence-corrected chi connectivity index (χ2v) is 5.86. The number of aromatic nitrogens is 1. The Morgan fingerprint density at radius 2 is 2.00 bits per heavy atom. The molecule has 22 heavy (non-hydrogen) atoms. The first-order valence-corrected chi connectivity index (χ1v) is 7.65. The Bertz CT molecular complexity index is 744. The van der Waals surface area contributed by atoms with E-state index in [9.17, 15) is 9.59 Å². The van der Waals surface area contributed by atoms with Gasteiger partial charge in [-0.1, -0.05) is 24.3 Å². The van der Waals surface area contributed by atoms with Crippen LogP contribution in [0.15, 0.2) is 24.3 Å². The molecule has 1 heterocycles. The molecule has 0 aliphatic heterocycles. The third-order valence-corrected chi connectivity index (χ3v) is 4.36. The van der Waals surface area contributed by atoms with Crippen molar-refractivity contribution < 1.29 is 9.59 Å². The van der Waals surface area contributed by atoms with Crippen molar-refractivity contribution in [1.29, 1.82) is 0 Å². The molecule has 0 bridgehead atoms. The summed E-state index contributed by atoms with van der Waals surface area (Å²) < 4.78 is 0. The van der Waals surface area contributed by atoms with Crippen molar-refractivity contribution in [3.8, 4) is 0 Å². The zero-order valence-electron chi connectivity index (χ0n) is 13.0. The number of hydrogen-bond donors (Lipinski definition) is 2. The number of hydrogen-bond acceptors (Lipinski definition) is 2. The van der Waals surface area contributed by atoms with Crippen molar-refractivity contribution in [2.45, 2.75) is 39.7 Å². The Morgan fingerprint density at radius 3 is 2.73 bits per heavy atom. The van der Waals surface area contributed by atoms with Crippen LogP contribution in [0, 0.1) is 13.8 Å². The van der Waals surface area contributed by atoms with Gasteiger partial charge < -0.3 is 10.3 Å². The standard InChI is InChI=1S/C18H20N2O2/c1-11-6-3-4-7-13(11)10-19-18(22)17-12(2)16-14(20-17)8-5-9-15(16)21/h3-4,6-7,20H,5,8-10H2,1-2H3,(H,19,22). The SMILES string of the molecule is Cc1ccccc1CNC(=O)c1[nH]c2c(c1C)C(=O)CCC2. The lowest BCUT2D eigenvalue weighted by Gasteiger charge is -2.09. The molecule has 2 aromatic rings. The van der Waals surface area contributed by atoms with Gasteiger partial charge in [0.1, 0.15) is 5.69 Å². The van der Waals surface area contributed by atoms with E-state index in [-0.39, 0.29) is 11.7 Å². The van der Waals surface area contributed by atoms with E-state index in [1.807, 2.05) is 38.1 Å². The molecule has 0 fully saturated rings. The van der Waals surface area contributed by atoms with Crippen LogP contribution in [0.25, 0.3) is 0 Å². The Morgan fingerprint density at radius 1 is 1.23 bits per heavy atom. The molecule has 0 atom stereocenters. The summed E-state index contributed by atoms with van der Waals surface area (Å²) in [5, 5.41) is 2.94. The Hall–Kier alpha value is -2.36. The van der Waals surface area contributed by atoms with Gasteiger partial charge in [0.05, 0.1) is 0 Å². The van der Waals surface area contributed by atoms with Crippen LogP contribution in [0.2, 0.25) is 0 Å². The summed E-state index contributed by atoms with van der Waals surface area (Å²) in [6, 6.07) is 7.98. The molecule has 0 radical (unpaired) electrons. The van der Waals surface area contributed by atoms with E-state index in [0.29, 0.717) is 18.7 Å². The number of Topliss-reactive ketones (excluding diaryl/α,β-unsaturated/α-hetero) is 1. The topological polar surface area (TPSA) is 62.0 Å². The van der Waals surface area contributed by atoms with Crippen LogP contribution in [0.1, 0.15) is 56.1 Å². The highest BCUT2D eigenvalue weighted by Gasteiger charge is 2.26. The molecule has 1 aromatic carbocycles. The van der Waals surface area contributed by atoms with Gasteiger partial charge >= 0.3 is 0 Å². The quantitative estimate of drug-likeness (QED) is 0.914. The molecule has 0 saturated carbocycles. The number of ketones is 1. The fraction of sp³-hybridized carbons (Fsp3) is 0.333. The van der Waals surface area contributed by atoms with Crippen molar-refractivity contribution in [3.63, 3.8) is 0 Å². The Kier molecular flexibility index (Phi) is 3.84. The number of nitrogens with one attached hydrogen (secondary N) is 2. The van der Waals surface area contributed by atoms with Crippen LogP contribution >= 0.6 is 0 Å². The van der Waals surface area contributed by atoms with Gasteiger partial charge in [-0.05, 0) is 43.4 Å². The van der Waals surface area contributed by atoms with Gasteiger partial charge in [0.25, 0.3) is 5.91 Å². The first-order chi connectivity index (χ1) is 10.6. The van der Waals surface area contributed by atoms with Gasteiger partial charge in [-0.15, -0.1) is 0 Å². The minimum Gasteiger partial charge on any atom is -0.354 e. The molecule has 1 amide bonds. The number of carbonyl (C=O) groups excluding carboxylic acids is 2. The third kappa shape index (κ3) is 2.56. The number of amides is 1. The van der Waals surface area contributed by atoms with Crippen LogP contribution in [-0.2, 0) is 13.0 Å². The Labute approximate surface area is 129 Å². The van der Waals surface area contributed by atoms with Crippen LogP contribution in [0.3, 0.4) is 0 Å². The molecule has 1 aliphatic carbocycles. The lowest BCUT2D eigenvalue weighted by Crippen LogP contribution is -2.24. The highest BCUT2D eigenvalue weighted by molar-refractivity contribution is 6.04. The minimum atomic E-state index is -0.150. The molecular weight excluding hydrogens is 276 g/mol. The van der Waals surface area contributed by atoms with Crippen LogP contribution in [-0.4, -0.2) is 16.7 Å². The van der Waals surface area contributed by atoms with Crippen molar-refractivity contribution in [1.82, 2.24) is 10.3 Å². The largest absolute Gasteiger partial charge is 0.354 e. The van der Waals surface area contributed by atoms with E-state index in [1.54, 1.807) is 0 Å². The average molecular weight is 296 g/mol. The van der Waals surface area contributed by atoms with Gasteiger partial charge in [-0.2, -0.15) is 0 Å². The van der Waals surface area contributed by atoms with Gasteiger partial charge in [-0.3, -0.25) is 9.59 Å². The maximum atomic E-state index is 12.4. The first kappa shape index (κ1) is 14.6. The molecule has 1 aliphatic rings. The van der Waals surface area contributed by atoms with Crippen molar-refractivity contribution in [2.75, 3.05) is 0 Å². The predicted molar refractivity (Wildman–Crippen MR) is 85.1 cm³/mol. The summed E-state index contributed by atoms with van der Waals surface area (Å²) in [7, 11) is 0. The van der Waals surface area contributed by atoms with Gasteiger partial charge in [0, 0.05) is 24.2 Å². The van der Waals surface area contributed by atoms with Gasteiger partial charge in [-0.25, -0.2) is 0 Å². The third-order valence-electron chi connectivity index (χ3n) is 4.36. The van der Waals surface area contributed by atoms with E-state index in [1.165, 1.54) is 0 Å². The number of rotatable bonds is 3. The molecule has 0 saturated heterocycles. The fourth-order valence-electron chi connectivity index (χ4n) is 3.07. The summed E-state index contributed by atoms with van der Waals surface area (Å²) >= 11 is 0. The summed E-state index contributed by atoms with van der Waals surface area (Å²) in [5.74, 6) is -0.00379. The van der Waals surface area contributed by atoms with Crippen molar-refractivity contribution >= 4 is 11.7 Å². The number of aryl methyl sites for hydroxylation is 2. The number of aromatic amines is 1. The van der Waals surface area contributed by atoms with E-state index in [2.05, 4.69) is 10.3 Å². The molecule has 1 aromatic heterocycles. The maximum absolute atomic E-state index is 12.4. The molecular formula is C18H20N2O2. The lowest BCUT2D eigenvalue weighted by atomic mass is 9.94. The zero-order chi connectivity index (χ0) is 15.7. The van der Waals surface area contributed by atoms with Gasteiger partial charge in [0.15, 0.2) is 5.78 Å². The number of carbonyl (C=O) groups is 2. The van der Waals surface area contributed by atoms with Crippen LogP contribution < -0.4 is 5.32 Å². The molecule has 0 spiro atoms. The number of H-pyrrole nitrogens is 1. The monoisotopic (exact) mass is 296 g/mol. The van der Waals surface area contributed by atoms with Crippen molar-refractivity contribution in [2.24, 2.45) is 0 Å². The second-order valence-electron chi connectivity index (χ2n) is 5.86. The average Bonchev–Trinajstić information content (AvgIpc) is 2.85. The second kappa shape index (κ2) is 5.79. The van der Waals surface area contributed by atoms with E-state index in [0.717, 1.165) is 40.8 Å². The molecule has 0 unspecified atom stereocenters. The summed E-state index contributed by atoms with van der Waals surface area (Å²) in [6.45, 7) is 4.36. The van der Waals surface area contributed by atoms with Crippen LogP contribution in [0.5, 0.6) is 0 Å². The number of fused-ring (bicyclic) bond motifs is 1. The van der Waals surface area contributed by atoms with E-state index >= 15 is 0 Å². The molecule has 3 rings (SSSR count). The lowest BCUT2D eigenvalue weighted by molar-refractivity contribution is 0.0945. The van der Waals surface area contributed by atoms with E-state index < -0.39 is 0 Å². The predicted octanol–water partition coefficient (Wildman–Crippen LogP) is 3.08. The van der Waals surface area contributed by atoms with E-state index in [4.69, 9.17) is 0 Å². The summed E-state index contributed by atoms with van der Waals surface area (Å²) in [6.07, 6.45) is 2.28. The van der Waals surface area contributed by atoms with Crippen molar-refractivity contribution in [3.05, 3.63) is 57.9 Å². The molecule has 114 valence electrons. The highest BCUT2D eigenvalue weighted by atomic mass is 16.2. The normalized spacial score (nSPS) is 13.8. The minimum absolute atomic E-state index is 0.146. The smallest absolute Gasteiger partial charge is 0.268 e. The van der Waals surface area contributed by atoms with Gasteiger partial charge in [0.2, 0.25) is 0 Å². The molecule has 4 nitrogen and oxygen atoms in total. The summed E-state index contributed by atoms with van der Waals surface area (Å²) in [4.78, 5) is 27.6. The maximum Gasteiger partial charge on any atom is 0.268 e. The Balaban J connectivity index is 1.79. The number of benzene rings is 1. The molecule has 2 N–H and O–H groups in total. The summed E-state index contributed by atoms with van der Waals surface area (Å²) in [5.41, 5.74) is 5.19.